The molecule has 0 fully saturated rings. The highest BCUT2D eigenvalue weighted by atomic mass is 32.1. The molecule has 0 aliphatic carbocycles. The minimum atomic E-state index is -0.462. The summed E-state index contributed by atoms with van der Waals surface area (Å²) < 4.78 is 10.2. The van der Waals surface area contributed by atoms with Crippen LogP contribution in [0.25, 0.3) is 6.08 Å². The minimum absolute atomic E-state index is 0.253. The van der Waals surface area contributed by atoms with Gasteiger partial charge in [-0.2, -0.15) is 0 Å². The van der Waals surface area contributed by atoms with Gasteiger partial charge < -0.3 is 9.47 Å². The molecule has 3 heterocycles. The van der Waals surface area contributed by atoms with E-state index in [4.69, 9.17) is 9.47 Å². The van der Waals surface area contributed by atoms with Crippen LogP contribution in [0.15, 0.2) is 46.7 Å². The van der Waals surface area contributed by atoms with Gasteiger partial charge >= 0.3 is 5.97 Å². The monoisotopic (exact) mass is 286 g/mol. The van der Waals surface area contributed by atoms with Crippen LogP contribution in [-0.2, 0) is 9.53 Å². The first-order valence-electron chi connectivity index (χ1n) is 5.82. The molecule has 0 unspecified atom stereocenters. The molecule has 0 aromatic carbocycles. The van der Waals surface area contributed by atoms with Gasteiger partial charge in [-0.05, 0) is 29.2 Å². The molecule has 1 aliphatic rings. The van der Waals surface area contributed by atoms with E-state index in [1.54, 1.807) is 31.6 Å². The van der Waals surface area contributed by atoms with Crippen molar-refractivity contribution in [2.75, 3.05) is 7.11 Å². The van der Waals surface area contributed by atoms with E-state index in [0.717, 1.165) is 10.4 Å². The van der Waals surface area contributed by atoms with E-state index in [9.17, 15) is 4.79 Å². The predicted octanol–water partition coefficient (Wildman–Crippen LogP) is 2.50. The van der Waals surface area contributed by atoms with Crippen molar-refractivity contribution in [1.82, 2.24) is 4.98 Å². The normalized spacial score (nSPS) is 16.1. The van der Waals surface area contributed by atoms with Gasteiger partial charge in [-0.1, -0.05) is 6.07 Å². The van der Waals surface area contributed by atoms with Gasteiger partial charge in [0.1, 0.15) is 5.75 Å². The first-order chi connectivity index (χ1) is 9.76. The Bertz CT molecular complexity index is 705. The lowest BCUT2D eigenvalue weighted by Crippen LogP contribution is -2.03. The summed E-state index contributed by atoms with van der Waals surface area (Å²) in [4.78, 5) is 20.8. The zero-order valence-electron chi connectivity index (χ0n) is 10.6. The summed E-state index contributed by atoms with van der Waals surface area (Å²) in [5.74, 6) is 0.497. The number of hydrogen-bond acceptors (Lipinski definition) is 6. The Labute approximate surface area is 119 Å². The number of carbonyl (C=O) groups excluding carboxylic acids is 1. The van der Waals surface area contributed by atoms with E-state index in [-0.39, 0.29) is 5.70 Å². The highest BCUT2D eigenvalue weighted by Gasteiger charge is 2.24. The number of nitrogens with zero attached hydrogens (tertiary/aromatic N) is 2. The van der Waals surface area contributed by atoms with Crippen LogP contribution in [0.1, 0.15) is 10.4 Å². The molecule has 6 heteroatoms. The molecule has 0 amide bonds. The van der Waals surface area contributed by atoms with Gasteiger partial charge in [0.2, 0.25) is 5.90 Å². The Hall–Kier alpha value is -2.47. The molecule has 100 valence electrons. The highest BCUT2D eigenvalue weighted by Crippen LogP contribution is 2.22. The maximum absolute atomic E-state index is 11.8. The lowest BCUT2D eigenvalue weighted by molar-refractivity contribution is -0.129. The molecule has 0 saturated carbocycles. The second-order valence-electron chi connectivity index (χ2n) is 3.97. The number of rotatable bonds is 3. The standard InChI is InChI=1S/C14H10N2O3S/c1-18-10-5-9(7-15-8-10)6-11-14(17)19-13(16-11)12-3-2-4-20-12/h2-8H,1H3/b11-6-. The lowest BCUT2D eigenvalue weighted by atomic mass is 10.2. The number of methoxy groups -OCH3 is 1. The molecule has 0 bridgehead atoms. The third kappa shape index (κ3) is 2.46. The van der Waals surface area contributed by atoms with E-state index >= 15 is 0 Å². The van der Waals surface area contributed by atoms with Crippen molar-refractivity contribution < 1.29 is 14.3 Å². The molecular weight excluding hydrogens is 276 g/mol. The molecule has 20 heavy (non-hydrogen) atoms. The van der Waals surface area contributed by atoms with Crippen LogP contribution in [0.4, 0.5) is 0 Å². The van der Waals surface area contributed by atoms with Crippen molar-refractivity contribution in [1.29, 1.82) is 0 Å². The summed E-state index contributed by atoms with van der Waals surface area (Å²) in [7, 11) is 1.56. The summed E-state index contributed by atoms with van der Waals surface area (Å²) in [6, 6.07) is 5.50. The average molecular weight is 286 g/mol. The van der Waals surface area contributed by atoms with Crippen molar-refractivity contribution in [2.24, 2.45) is 4.99 Å². The van der Waals surface area contributed by atoms with Gasteiger partial charge in [0.05, 0.1) is 18.2 Å². The zero-order chi connectivity index (χ0) is 13.9. The average Bonchev–Trinajstić information content (AvgIpc) is 3.10. The number of thiophene rings is 1. The van der Waals surface area contributed by atoms with Gasteiger partial charge in [-0.15, -0.1) is 11.3 Å². The number of esters is 1. The number of aromatic nitrogens is 1. The summed E-state index contributed by atoms with van der Waals surface area (Å²) in [6.45, 7) is 0. The Balaban J connectivity index is 1.93. The van der Waals surface area contributed by atoms with Crippen molar-refractivity contribution >= 4 is 29.3 Å². The van der Waals surface area contributed by atoms with Crippen molar-refractivity contribution in [3.05, 3.63) is 52.1 Å². The molecular formula is C14H10N2O3S. The largest absolute Gasteiger partial charge is 0.495 e. The smallest absolute Gasteiger partial charge is 0.363 e. The van der Waals surface area contributed by atoms with Gasteiger partial charge in [-0.3, -0.25) is 4.98 Å². The van der Waals surface area contributed by atoms with Crippen molar-refractivity contribution in [3.8, 4) is 5.75 Å². The van der Waals surface area contributed by atoms with E-state index < -0.39 is 5.97 Å². The molecule has 1 aliphatic heterocycles. The fourth-order valence-corrected chi connectivity index (χ4v) is 2.35. The fourth-order valence-electron chi connectivity index (χ4n) is 1.70. The third-order valence-corrected chi connectivity index (χ3v) is 3.48. The Morgan fingerprint density at radius 3 is 3.05 bits per heavy atom. The molecule has 3 rings (SSSR count). The van der Waals surface area contributed by atoms with Gasteiger partial charge in [0, 0.05) is 6.20 Å². The summed E-state index contributed by atoms with van der Waals surface area (Å²) in [5.41, 5.74) is 0.982. The van der Waals surface area contributed by atoms with Crippen LogP contribution >= 0.6 is 11.3 Å². The van der Waals surface area contributed by atoms with E-state index in [1.807, 2.05) is 17.5 Å². The lowest BCUT2D eigenvalue weighted by Gasteiger charge is -1.99. The quantitative estimate of drug-likeness (QED) is 0.642. The molecule has 0 radical (unpaired) electrons. The Morgan fingerprint density at radius 2 is 2.30 bits per heavy atom. The number of cyclic esters (lactones) is 1. The first kappa shape index (κ1) is 12.6. The number of carbonyl (C=O) groups is 1. The SMILES string of the molecule is COc1cncc(/C=C2\N=C(c3cccs3)OC2=O)c1. The molecule has 0 spiro atoms. The predicted molar refractivity (Wildman–Crippen MR) is 75.7 cm³/mol. The topological polar surface area (TPSA) is 60.8 Å². The molecule has 0 atom stereocenters. The van der Waals surface area contributed by atoms with E-state index in [0.29, 0.717) is 11.6 Å². The molecule has 5 nitrogen and oxygen atoms in total. The Morgan fingerprint density at radius 1 is 1.40 bits per heavy atom. The van der Waals surface area contributed by atoms with Crippen LogP contribution in [0, 0.1) is 0 Å². The van der Waals surface area contributed by atoms with E-state index in [2.05, 4.69) is 9.98 Å². The number of hydrogen-bond donors (Lipinski definition) is 0. The maximum Gasteiger partial charge on any atom is 0.363 e. The maximum atomic E-state index is 11.8. The second-order valence-corrected chi connectivity index (χ2v) is 4.92. The van der Waals surface area contributed by atoms with Crippen molar-refractivity contribution in [2.45, 2.75) is 0 Å². The van der Waals surface area contributed by atoms with Crippen LogP contribution in [0.2, 0.25) is 0 Å². The highest BCUT2D eigenvalue weighted by molar-refractivity contribution is 7.12. The van der Waals surface area contributed by atoms with Gasteiger partial charge in [0.25, 0.3) is 0 Å². The zero-order valence-corrected chi connectivity index (χ0v) is 11.4. The summed E-state index contributed by atoms with van der Waals surface area (Å²) >= 11 is 1.47. The van der Waals surface area contributed by atoms with Crippen LogP contribution in [-0.4, -0.2) is 24.0 Å². The van der Waals surface area contributed by atoms with E-state index in [1.165, 1.54) is 11.3 Å². The first-order valence-corrected chi connectivity index (χ1v) is 6.70. The molecule has 0 N–H and O–H groups in total. The minimum Gasteiger partial charge on any atom is -0.495 e. The summed E-state index contributed by atoms with van der Waals surface area (Å²) in [6.07, 6.45) is 4.84. The Kier molecular flexibility index (Phi) is 3.30. The number of pyridine rings is 1. The second kappa shape index (κ2) is 5.26. The van der Waals surface area contributed by atoms with Crippen molar-refractivity contribution in [3.63, 3.8) is 0 Å². The third-order valence-electron chi connectivity index (χ3n) is 2.63. The number of aliphatic imine (C=N–C) groups is 1. The van der Waals surface area contributed by atoms with Gasteiger partial charge in [-0.25, -0.2) is 9.79 Å². The number of ether oxygens (including phenoxy) is 2. The fraction of sp³-hybridized carbons (Fsp3) is 0.0714. The molecule has 2 aromatic rings. The van der Waals surface area contributed by atoms with Crippen LogP contribution < -0.4 is 4.74 Å². The van der Waals surface area contributed by atoms with Gasteiger partial charge in [0.15, 0.2) is 5.70 Å². The summed E-state index contributed by atoms with van der Waals surface area (Å²) in [5, 5.41) is 1.90. The van der Waals surface area contributed by atoms with Crippen LogP contribution in [0.3, 0.4) is 0 Å². The molecule has 2 aromatic heterocycles. The van der Waals surface area contributed by atoms with Crippen LogP contribution in [0.5, 0.6) is 5.75 Å². The molecule has 0 saturated heterocycles.